The lowest BCUT2D eigenvalue weighted by Crippen LogP contribution is -2.41. The van der Waals surface area contributed by atoms with Crippen molar-refractivity contribution >= 4 is 28.6 Å². The molecule has 2 aliphatic carbocycles. The van der Waals surface area contributed by atoms with Crippen LogP contribution in [0.2, 0.25) is 0 Å². The zero-order chi connectivity index (χ0) is 22.7. The van der Waals surface area contributed by atoms with E-state index in [1.165, 1.54) is 37.4 Å². The Balaban J connectivity index is 1.42. The highest BCUT2D eigenvalue weighted by molar-refractivity contribution is 7.99. The summed E-state index contributed by atoms with van der Waals surface area (Å²) in [4.78, 5) is 30.5. The zero-order valence-electron chi connectivity index (χ0n) is 19.4. The molecule has 4 unspecified atom stereocenters. The van der Waals surface area contributed by atoms with Crippen LogP contribution >= 0.6 is 11.8 Å². The first kappa shape index (κ1) is 23.3. The number of nitrogens with one attached hydrogen (secondary N) is 1. The molecule has 2 bridgehead atoms. The van der Waals surface area contributed by atoms with Crippen LogP contribution in [0.15, 0.2) is 34.2 Å². The molecule has 7 heteroatoms. The van der Waals surface area contributed by atoms with Crippen LogP contribution in [0.4, 0.5) is 0 Å². The van der Waals surface area contributed by atoms with Crippen molar-refractivity contribution in [2.24, 2.45) is 17.8 Å². The second kappa shape index (κ2) is 10.4. The van der Waals surface area contributed by atoms with Crippen molar-refractivity contribution in [2.75, 3.05) is 12.4 Å². The third kappa shape index (κ3) is 5.37. The van der Waals surface area contributed by atoms with Gasteiger partial charge in [-0.25, -0.2) is 4.98 Å². The van der Waals surface area contributed by atoms with Crippen molar-refractivity contribution in [3.8, 4) is 0 Å². The van der Waals surface area contributed by atoms with Crippen LogP contribution in [0.3, 0.4) is 0 Å². The van der Waals surface area contributed by atoms with E-state index in [9.17, 15) is 9.59 Å². The number of benzene rings is 1. The monoisotopic (exact) mass is 457 g/mol. The van der Waals surface area contributed by atoms with Crippen LogP contribution in [-0.2, 0) is 16.1 Å². The van der Waals surface area contributed by atoms with E-state index in [1.807, 2.05) is 38.1 Å². The average Bonchev–Trinajstić information content (AvgIpc) is 3.40. The number of rotatable bonds is 10. The molecular weight excluding hydrogens is 422 g/mol. The number of fused-ring (bicyclic) bond motifs is 3. The summed E-state index contributed by atoms with van der Waals surface area (Å²) in [7, 11) is 0. The van der Waals surface area contributed by atoms with Crippen LogP contribution in [0.5, 0.6) is 0 Å². The molecular formula is C25H35N3O3S. The standard InChI is InChI=1S/C25H35N3O3S/c1-16(2)31-12-6-11-28-24(30)20-7-4-5-8-22(20)27-25(28)32-15-23(29)26-17(3)21-14-18-9-10-19(21)13-18/h4-5,7-8,16-19,21H,6,9-15H2,1-3H3,(H,26,29). The molecule has 2 aliphatic rings. The predicted octanol–water partition coefficient (Wildman–Crippen LogP) is 4.24. The summed E-state index contributed by atoms with van der Waals surface area (Å²) >= 11 is 1.35. The maximum atomic E-state index is 13.1. The van der Waals surface area contributed by atoms with E-state index in [4.69, 9.17) is 9.72 Å². The molecule has 1 aromatic heterocycles. The molecule has 0 spiro atoms. The molecule has 1 amide bonds. The van der Waals surface area contributed by atoms with E-state index in [-0.39, 0.29) is 29.4 Å². The van der Waals surface area contributed by atoms with Crippen molar-refractivity contribution in [3.63, 3.8) is 0 Å². The summed E-state index contributed by atoms with van der Waals surface area (Å²) in [6.45, 7) is 7.26. The largest absolute Gasteiger partial charge is 0.379 e. The molecule has 0 radical (unpaired) electrons. The number of thioether (sulfide) groups is 1. The van der Waals surface area contributed by atoms with Gasteiger partial charge in [0.05, 0.1) is 22.8 Å². The summed E-state index contributed by atoms with van der Waals surface area (Å²) in [5, 5.41) is 4.42. The Morgan fingerprint density at radius 1 is 1.25 bits per heavy atom. The van der Waals surface area contributed by atoms with E-state index in [0.717, 1.165) is 18.3 Å². The molecule has 6 nitrogen and oxygen atoms in total. The molecule has 1 N–H and O–H groups in total. The summed E-state index contributed by atoms with van der Waals surface area (Å²) in [5.41, 5.74) is 0.615. The Hall–Kier alpha value is -1.86. The molecule has 174 valence electrons. The number of carbonyl (C=O) groups excluding carboxylic acids is 1. The molecule has 2 aromatic rings. The predicted molar refractivity (Wildman–Crippen MR) is 129 cm³/mol. The lowest BCUT2D eigenvalue weighted by Gasteiger charge is -2.28. The fraction of sp³-hybridized carbons (Fsp3) is 0.640. The molecule has 0 aliphatic heterocycles. The van der Waals surface area contributed by atoms with Crippen LogP contribution < -0.4 is 10.9 Å². The number of hydrogen-bond donors (Lipinski definition) is 1. The first-order chi connectivity index (χ1) is 15.4. The summed E-state index contributed by atoms with van der Waals surface area (Å²) in [5.74, 6) is 2.54. The Morgan fingerprint density at radius 2 is 2.06 bits per heavy atom. The second-order valence-electron chi connectivity index (χ2n) is 9.62. The smallest absolute Gasteiger partial charge is 0.262 e. The molecule has 1 aromatic carbocycles. The normalized spacial score (nSPS) is 23.2. The van der Waals surface area contributed by atoms with E-state index >= 15 is 0 Å². The van der Waals surface area contributed by atoms with Gasteiger partial charge in [-0.15, -0.1) is 0 Å². The lowest BCUT2D eigenvalue weighted by atomic mass is 9.84. The number of hydrogen-bond acceptors (Lipinski definition) is 5. The van der Waals surface area contributed by atoms with E-state index < -0.39 is 0 Å². The lowest BCUT2D eigenvalue weighted by molar-refractivity contribution is -0.119. The molecule has 4 atom stereocenters. The van der Waals surface area contributed by atoms with Crippen LogP contribution in [0, 0.1) is 17.8 Å². The van der Waals surface area contributed by atoms with Crippen molar-refractivity contribution in [2.45, 2.75) is 76.7 Å². The maximum absolute atomic E-state index is 13.1. The highest BCUT2D eigenvalue weighted by Gasteiger charge is 2.42. The third-order valence-electron chi connectivity index (χ3n) is 6.96. The van der Waals surface area contributed by atoms with Gasteiger partial charge in [0.1, 0.15) is 0 Å². The van der Waals surface area contributed by atoms with Crippen LogP contribution in [0.25, 0.3) is 10.9 Å². The van der Waals surface area contributed by atoms with Gasteiger partial charge >= 0.3 is 0 Å². The molecule has 1 heterocycles. The molecule has 2 saturated carbocycles. The topological polar surface area (TPSA) is 73.2 Å². The number of amides is 1. The SMILES string of the molecule is CC(C)OCCCn1c(SCC(=O)NC(C)C2CC3CCC2C3)nc2ccccc2c1=O. The molecule has 32 heavy (non-hydrogen) atoms. The van der Waals surface area contributed by atoms with Gasteiger partial charge in [0.25, 0.3) is 5.56 Å². The number of nitrogens with zero attached hydrogens (tertiary/aromatic N) is 2. The maximum Gasteiger partial charge on any atom is 0.262 e. The number of aromatic nitrogens is 2. The van der Waals surface area contributed by atoms with E-state index in [0.29, 0.717) is 35.1 Å². The van der Waals surface area contributed by atoms with Crippen molar-refractivity contribution in [1.29, 1.82) is 0 Å². The van der Waals surface area contributed by atoms with Gasteiger partial charge in [-0.2, -0.15) is 0 Å². The highest BCUT2D eigenvalue weighted by atomic mass is 32.2. The van der Waals surface area contributed by atoms with Gasteiger partial charge in [0, 0.05) is 19.2 Å². The van der Waals surface area contributed by atoms with Gasteiger partial charge in [-0.05, 0) is 76.3 Å². The second-order valence-corrected chi connectivity index (χ2v) is 10.6. The molecule has 2 fully saturated rings. The molecule has 0 saturated heterocycles. The number of carbonyl (C=O) groups is 1. The number of para-hydroxylation sites is 1. The zero-order valence-corrected chi connectivity index (χ0v) is 20.2. The Morgan fingerprint density at radius 3 is 2.78 bits per heavy atom. The van der Waals surface area contributed by atoms with E-state index in [1.54, 1.807) is 4.57 Å². The minimum absolute atomic E-state index is 0.0161. The van der Waals surface area contributed by atoms with Crippen LogP contribution in [-0.4, -0.2) is 40.0 Å². The summed E-state index contributed by atoms with van der Waals surface area (Å²) in [6, 6.07) is 7.61. The first-order valence-electron chi connectivity index (χ1n) is 12.0. The van der Waals surface area contributed by atoms with Gasteiger partial charge in [0.2, 0.25) is 5.91 Å². The minimum atomic E-state index is -0.0570. The Kier molecular flexibility index (Phi) is 7.56. The van der Waals surface area contributed by atoms with Gasteiger partial charge in [0.15, 0.2) is 5.16 Å². The van der Waals surface area contributed by atoms with Crippen molar-refractivity contribution < 1.29 is 9.53 Å². The Bertz CT molecular complexity index is 1010. The fourth-order valence-electron chi connectivity index (χ4n) is 5.44. The van der Waals surface area contributed by atoms with Crippen molar-refractivity contribution in [1.82, 2.24) is 14.9 Å². The minimum Gasteiger partial charge on any atom is -0.379 e. The highest BCUT2D eigenvalue weighted by Crippen LogP contribution is 2.49. The van der Waals surface area contributed by atoms with E-state index in [2.05, 4.69) is 12.2 Å². The Labute approximate surface area is 194 Å². The quantitative estimate of drug-likeness (QED) is 0.328. The summed E-state index contributed by atoms with van der Waals surface area (Å²) < 4.78 is 7.33. The fourth-order valence-corrected chi connectivity index (χ4v) is 6.27. The summed E-state index contributed by atoms with van der Waals surface area (Å²) in [6.07, 6.45) is 6.16. The van der Waals surface area contributed by atoms with Crippen LogP contribution in [0.1, 0.15) is 52.9 Å². The van der Waals surface area contributed by atoms with Gasteiger partial charge < -0.3 is 10.1 Å². The van der Waals surface area contributed by atoms with Crippen molar-refractivity contribution in [3.05, 3.63) is 34.6 Å². The first-order valence-corrected chi connectivity index (χ1v) is 12.9. The third-order valence-corrected chi connectivity index (χ3v) is 7.94. The average molecular weight is 458 g/mol. The van der Waals surface area contributed by atoms with Gasteiger partial charge in [-0.3, -0.25) is 14.2 Å². The number of ether oxygens (including phenoxy) is 1. The molecule has 4 rings (SSSR count). The van der Waals surface area contributed by atoms with Gasteiger partial charge in [-0.1, -0.05) is 30.3 Å².